The molecule has 2 aromatic heterocycles. The molecule has 24 heavy (non-hydrogen) atoms. The summed E-state index contributed by atoms with van der Waals surface area (Å²) in [6.45, 7) is 2.78. The average molecular weight is 334 g/mol. The van der Waals surface area contributed by atoms with E-state index < -0.39 is 23.4 Å². The van der Waals surface area contributed by atoms with E-state index in [1.807, 2.05) is 0 Å². The Morgan fingerprint density at radius 3 is 2.42 bits per heavy atom. The lowest BCUT2D eigenvalue weighted by Gasteiger charge is -2.29. The summed E-state index contributed by atoms with van der Waals surface area (Å²) in [7, 11) is 1.41. The predicted octanol–water partition coefficient (Wildman–Crippen LogP) is 1.71. The minimum atomic E-state index is -1.54. The lowest BCUT2D eigenvalue weighted by Crippen LogP contribution is -2.40. The zero-order valence-corrected chi connectivity index (χ0v) is 13.4. The highest BCUT2D eigenvalue weighted by molar-refractivity contribution is 6.04. The van der Waals surface area contributed by atoms with Crippen LogP contribution in [0, 0.1) is 0 Å². The molecule has 0 aliphatic carbocycles. The van der Waals surface area contributed by atoms with Crippen molar-refractivity contribution < 1.29 is 28.9 Å². The summed E-state index contributed by atoms with van der Waals surface area (Å²) in [4.78, 5) is 11.6. The molecule has 7 heteroatoms. The highest BCUT2D eigenvalue weighted by atomic mass is 16.5. The smallest absolute Gasteiger partial charge is 0.336 e. The van der Waals surface area contributed by atoms with E-state index in [1.165, 1.54) is 39.4 Å². The standard InChI is InChI=1S/C17H18O7/c1-17(2,21)16(20)12(19)11-8-4-5-10(18)24-14(8)15(22-3)13-9(11)6-7-23-13/h4-7,12,16,19-21H,1-3H3/t12-,16+/m1/s1. The lowest BCUT2D eigenvalue weighted by atomic mass is 9.89. The molecule has 0 saturated heterocycles. The van der Waals surface area contributed by atoms with Crippen LogP contribution in [0.4, 0.5) is 0 Å². The van der Waals surface area contributed by atoms with Gasteiger partial charge in [0, 0.05) is 22.4 Å². The van der Waals surface area contributed by atoms with Crippen LogP contribution in [0.5, 0.6) is 5.75 Å². The van der Waals surface area contributed by atoms with Crippen molar-refractivity contribution in [3.63, 3.8) is 0 Å². The van der Waals surface area contributed by atoms with Gasteiger partial charge in [0.05, 0.1) is 19.0 Å². The third kappa shape index (κ3) is 2.47. The van der Waals surface area contributed by atoms with Crippen molar-refractivity contribution in [1.29, 1.82) is 0 Å². The molecule has 1 aromatic carbocycles. The predicted molar refractivity (Wildman–Crippen MR) is 86.1 cm³/mol. The molecular weight excluding hydrogens is 316 g/mol. The second-order valence-corrected chi connectivity index (χ2v) is 6.15. The number of methoxy groups -OCH3 is 1. The first-order valence-electron chi connectivity index (χ1n) is 7.35. The second-order valence-electron chi connectivity index (χ2n) is 6.15. The number of hydrogen-bond donors (Lipinski definition) is 3. The van der Waals surface area contributed by atoms with Gasteiger partial charge in [0.2, 0.25) is 5.75 Å². The highest BCUT2D eigenvalue weighted by Crippen LogP contribution is 2.42. The Balaban J connectivity index is 2.41. The monoisotopic (exact) mass is 334 g/mol. The summed E-state index contributed by atoms with van der Waals surface area (Å²) >= 11 is 0. The lowest BCUT2D eigenvalue weighted by molar-refractivity contribution is -0.106. The topological polar surface area (TPSA) is 113 Å². The van der Waals surface area contributed by atoms with Gasteiger partial charge in [0.25, 0.3) is 0 Å². The molecule has 0 bridgehead atoms. The number of furan rings is 1. The summed E-state index contributed by atoms with van der Waals surface area (Å²) < 4.78 is 15.9. The van der Waals surface area contributed by atoms with Crippen molar-refractivity contribution in [2.24, 2.45) is 0 Å². The summed E-state index contributed by atoms with van der Waals surface area (Å²) in [6.07, 6.45) is -1.51. The maximum atomic E-state index is 11.6. The normalized spacial score (nSPS) is 14.9. The van der Waals surface area contributed by atoms with Gasteiger partial charge in [-0.05, 0) is 26.0 Å². The molecule has 0 unspecified atom stereocenters. The number of ether oxygens (including phenoxy) is 1. The van der Waals surface area contributed by atoms with Gasteiger partial charge in [-0.2, -0.15) is 0 Å². The quantitative estimate of drug-likeness (QED) is 0.622. The maximum Gasteiger partial charge on any atom is 0.336 e. The third-order valence-electron chi connectivity index (χ3n) is 4.01. The molecule has 0 radical (unpaired) electrons. The fourth-order valence-corrected chi connectivity index (χ4v) is 2.79. The van der Waals surface area contributed by atoms with Crippen LogP contribution in [-0.2, 0) is 0 Å². The maximum absolute atomic E-state index is 11.6. The molecule has 7 nitrogen and oxygen atoms in total. The van der Waals surface area contributed by atoms with Crippen LogP contribution < -0.4 is 10.4 Å². The van der Waals surface area contributed by atoms with E-state index in [1.54, 1.807) is 6.07 Å². The number of aliphatic hydroxyl groups excluding tert-OH is 2. The molecule has 3 aromatic rings. The molecule has 2 heterocycles. The molecular formula is C17H18O7. The molecule has 2 atom stereocenters. The van der Waals surface area contributed by atoms with Crippen molar-refractivity contribution in [3.05, 3.63) is 40.4 Å². The van der Waals surface area contributed by atoms with E-state index in [0.29, 0.717) is 10.8 Å². The number of hydrogen-bond acceptors (Lipinski definition) is 7. The van der Waals surface area contributed by atoms with E-state index >= 15 is 0 Å². The van der Waals surface area contributed by atoms with Crippen molar-refractivity contribution in [2.75, 3.05) is 7.11 Å². The minimum Gasteiger partial charge on any atom is -0.490 e. The van der Waals surface area contributed by atoms with Crippen LogP contribution in [-0.4, -0.2) is 34.1 Å². The van der Waals surface area contributed by atoms with E-state index in [0.717, 1.165) is 0 Å². The van der Waals surface area contributed by atoms with Gasteiger partial charge in [-0.3, -0.25) is 0 Å². The summed E-state index contributed by atoms with van der Waals surface area (Å²) in [5.74, 6) is 0.219. The van der Waals surface area contributed by atoms with E-state index in [2.05, 4.69) is 0 Å². The van der Waals surface area contributed by atoms with Crippen LogP contribution in [0.15, 0.2) is 38.1 Å². The van der Waals surface area contributed by atoms with Crippen LogP contribution in [0.1, 0.15) is 25.5 Å². The van der Waals surface area contributed by atoms with Gasteiger partial charge in [-0.25, -0.2) is 4.79 Å². The second kappa shape index (κ2) is 5.62. The number of rotatable bonds is 4. The zero-order valence-electron chi connectivity index (χ0n) is 13.4. The van der Waals surface area contributed by atoms with Gasteiger partial charge in [0.15, 0.2) is 11.2 Å². The Hall–Kier alpha value is -2.35. The first-order chi connectivity index (χ1) is 11.3. The van der Waals surface area contributed by atoms with Crippen LogP contribution in [0.2, 0.25) is 0 Å². The van der Waals surface area contributed by atoms with Gasteiger partial charge in [-0.15, -0.1) is 0 Å². The molecule has 128 valence electrons. The van der Waals surface area contributed by atoms with Crippen LogP contribution in [0.3, 0.4) is 0 Å². The first-order valence-corrected chi connectivity index (χ1v) is 7.35. The Morgan fingerprint density at radius 2 is 1.79 bits per heavy atom. The molecule has 0 fully saturated rings. The number of fused-ring (bicyclic) bond motifs is 2. The first kappa shape index (κ1) is 16.5. The Kier molecular flexibility index (Phi) is 3.87. The minimum absolute atomic E-state index is 0.101. The number of benzene rings is 1. The Morgan fingerprint density at radius 1 is 1.12 bits per heavy atom. The van der Waals surface area contributed by atoms with E-state index in [4.69, 9.17) is 13.6 Å². The summed E-state index contributed by atoms with van der Waals surface area (Å²) in [5, 5.41) is 31.9. The molecule has 3 rings (SSSR count). The molecule has 0 amide bonds. The SMILES string of the molecule is COc1c2occc2c([C@@H](O)[C@H](O)C(C)(C)O)c2ccc(=O)oc12. The average Bonchev–Trinajstić information content (AvgIpc) is 2.99. The van der Waals surface area contributed by atoms with Crippen molar-refractivity contribution in [2.45, 2.75) is 31.7 Å². The number of aliphatic hydroxyl groups is 3. The van der Waals surface area contributed by atoms with Gasteiger partial charge in [0.1, 0.15) is 12.2 Å². The van der Waals surface area contributed by atoms with Crippen molar-refractivity contribution in [3.8, 4) is 5.75 Å². The summed E-state index contributed by atoms with van der Waals surface area (Å²) in [5.41, 5.74) is -1.47. The summed E-state index contributed by atoms with van der Waals surface area (Å²) in [6, 6.07) is 4.30. The van der Waals surface area contributed by atoms with Crippen molar-refractivity contribution >= 4 is 21.9 Å². The molecule has 3 N–H and O–H groups in total. The third-order valence-corrected chi connectivity index (χ3v) is 4.01. The molecule has 0 aliphatic rings. The highest BCUT2D eigenvalue weighted by Gasteiger charge is 2.35. The fraction of sp³-hybridized carbons (Fsp3) is 0.353. The fourth-order valence-electron chi connectivity index (χ4n) is 2.79. The van der Waals surface area contributed by atoms with Crippen LogP contribution >= 0.6 is 0 Å². The van der Waals surface area contributed by atoms with Gasteiger partial charge < -0.3 is 28.9 Å². The van der Waals surface area contributed by atoms with E-state index in [-0.39, 0.29) is 22.5 Å². The Bertz CT molecular complexity index is 945. The van der Waals surface area contributed by atoms with E-state index in [9.17, 15) is 20.1 Å². The van der Waals surface area contributed by atoms with Gasteiger partial charge >= 0.3 is 5.63 Å². The van der Waals surface area contributed by atoms with Gasteiger partial charge in [-0.1, -0.05) is 0 Å². The van der Waals surface area contributed by atoms with Crippen molar-refractivity contribution in [1.82, 2.24) is 0 Å². The molecule has 0 spiro atoms. The molecule has 0 aliphatic heterocycles. The molecule has 0 saturated carbocycles. The zero-order chi connectivity index (χ0) is 17.6. The largest absolute Gasteiger partial charge is 0.490 e. The van der Waals surface area contributed by atoms with Crippen LogP contribution in [0.25, 0.3) is 21.9 Å². The Labute approximate surface area is 136 Å².